The molecule has 0 N–H and O–H groups in total. The van der Waals surface area contributed by atoms with Gasteiger partial charge in [-0.05, 0) is 48.4 Å². The Morgan fingerprint density at radius 2 is 1.66 bits per heavy atom. The Morgan fingerprint density at radius 1 is 0.938 bits per heavy atom. The summed E-state index contributed by atoms with van der Waals surface area (Å²) in [7, 11) is 1.53. The number of aromatic nitrogens is 2. The zero-order valence-electron chi connectivity index (χ0n) is 17.4. The Hall–Kier alpha value is -3.87. The van der Waals surface area contributed by atoms with Gasteiger partial charge in [0.2, 0.25) is 0 Å². The Kier molecular flexibility index (Phi) is 5.57. The molecule has 32 heavy (non-hydrogen) atoms. The first-order valence-corrected chi connectivity index (χ1v) is 9.77. The summed E-state index contributed by atoms with van der Waals surface area (Å²) in [4.78, 5) is 17.2. The molecule has 0 saturated carbocycles. The van der Waals surface area contributed by atoms with Gasteiger partial charge in [0.25, 0.3) is 0 Å². The zero-order chi connectivity index (χ0) is 22.9. The predicted octanol–water partition coefficient (Wildman–Crippen LogP) is 6.11. The number of nitrogens with zero attached hydrogens (tertiary/aromatic N) is 2. The van der Waals surface area contributed by atoms with E-state index < -0.39 is 11.7 Å². The summed E-state index contributed by atoms with van der Waals surface area (Å²) < 4.78 is 46.2. The average Bonchev–Trinajstić information content (AvgIpc) is 3.24. The topological polar surface area (TPSA) is 44.1 Å². The van der Waals surface area contributed by atoms with Crippen molar-refractivity contribution < 1.29 is 22.7 Å². The van der Waals surface area contributed by atoms with E-state index in [2.05, 4.69) is 4.98 Å². The highest BCUT2D eigenvalue weighted by Crippen LogP contribution is 2.32. The van der Waals surface area contributed by atoms with Crippen LogP contribution in [0.2, 0.25) is 0 Å². The standard InChI is InChI=1S/C25H19F3N2O2/c1-16-14-30(15-29-16)22-11-10-20(13-23(22)32-2)24(31)18-8-6-17(7-9-18)19-4-3-5-21(12-19)25(26,27)28/h3-15H,1-2H3. The first kappa shape index (κ1) is 21.4. The van der Waals surface area contributed by atoms with Gasteiger partial charge in [-0.1, -0.05) is 36.4 Å². The van der Waals surface area contributed by atoms with Crippen molar-refractivity contribution in [3.8, 4) is 22.6 Å². The minimum atomic E-state index is -4.41. The van der Waals surface area contributed by atoms with Crippen LogP contribution in [0.3, 0.4) is 0 Å². The summed E-state index contributed by atoms with van der Waals surface area (Å²) in [6, 6.07) is 16.7. The summed E-state index contributed by atoms with van der Waals surface area (Å²) in [6.07, 6.45) is -0.889. The van der Waals surface area contributed by atoms with E-state index in [-0.39, 0.29) is 5.78 Å². The molecular formula is C25H19F3N2O2. The molecule has 1 heterocycles. The van der Waals surface area contributed by atoms with Crippen LogP contribution in [-0.4, -0.2) is 22.4 Å². The molecule has 4 nitrogen and oxygen atoms in total. The van der Waals surface area contributed by atoms with Gasteiger partial charge in [-0.3, -0.25) is 4.79 Å². The van der Waals surface area contributed by atoms with Crippen LogP contribution in [0.25, 0.3) is 16.8 Å². The van der Waals surface area contributed by atoms with Crippen molar-refractivity contribution in [2.75, 3.05) is 7.11 Å². The van der Waals surface area contributed by atoms with Crippen LogP contribution in [0.1, 0.15) is 27.2 Å². The van der Waals surface area contributed by atoms with Gasteiger partial charge in [-0.15, -0.1) is 0 Å². The molecule has 162 valence electrons. The number of hydrogen-bond donors (Lipinski definition) is 0. The van der Waals surface area contributed by atoms with Crippen molar-refractivity contribution in [2.45, 2.75) is 13.1 Å². The molecular weight excluding hydrogens is 417 g/mol. The van der Waals surface area contributed by atoms with Gasteiger partial charge >= 0.3 is 6.18 Å². The number of rotatable bonds is 5. The molecule has 0 amide bonds. The number of ether oxygens (including phenoxy) is 1. The summed E-state index contributed by atoms with van der Waals surface area (Å²) in [6.45, 7) is 1.88. The van der Waals surface area contributed by atoms with Crippen LogP contribution in [0, 0.1) is 6.92 Å². The lowest BCUT2D eigenvalue weighted by Gasteiger charge is -2.11. The Balaban J connectivity index is 1.60. The second-order valence-electron chi connectivity index (χ2n) is 7.29. The lowest BCUT2D eigenvalue weighted by molar-refractivity contribution is -0.137. The zero-order valence-corrected chi connectivity index (χ0v) is 17.4. The summed E-state index contributed by atoms with van der Waals surface area (Å²) in [5.74, 6) is 0.307. The summed E-state index contributed by atoms with van der Waals surface area (Å²) >= 11 is 0. The normalized spacial score (nSPS) is 11.4. The number of benzene rings is 3. The lowest BCUT2D eigenvalue weighted by atomic mass is 9.98. The fraction of sp³-hybridized carbons (Fsp3) is 0.120. The number of carbonyl (C=O) groups excluding carboxylic acids is 1. The van der Waals surface area contributed by atoms with E-state index in [0.29, 0.717) is 28.0 Å². The van der Waals surface area contributed by atoms with E-state index in [1.165, 1.54) is 13.2 Å². The van der Waals surface area contributed by atoms with E-state index in [9.17, 15) is 18.0 Å². The molecule has 0 aliphatic carbocycles. The van der Waals surface area contributed by atoms with Crippen LogP contribution in [-0.2, 0) is 6.18 Å². The quantitative estimate of drug-likeness (QED) is 0.355. The molecule has 7 heteroatoms. The van der Waals surface area contributed by atoms with E-state index in [4.69, 9.17) is 4.74 Å². The Morgan fingerprint density at radius 3 is 2.28 bits per heavy atom. The molecule has 3 aromatic carbocycles. The molecule has 0 saturated heterocycles. The maximum atomic E-state index is 13.0. The molecule has 0 unspecified atom stereocenters. The largest absolute Gasteiger partial charge is 0.495 e. The molecule has 0 spiro atoms. The van der Waals surface area contributed by atoms with Crippen LogP contribution in [0.15, 0.2) is 79.3 Å². The first-order valence-electron chi connectivity index (χ1n) is 9.77. The highest BCUT2D eigenvalue weighted by Gasteiger charge is 2.30. The highest BCUT2D eigenvalue weighted by atomic mass is 19.4. The number of aryl methyl sites for hydroxylation is 1. The number of halogens is 3. The third-order valence-electron chi connectivity index (χ3n) is 5.10. The van der Waals surface area contributed by atoms with Gasteiger partial charge in [0.1, 0.15) is 5.75 Å². The molecule has 0 bridgehead atoms. The van der Waals surface area contributed by atoms with Crippen LogP contribution < -0.4 is 4.74 Å². The molecule has 0 atom stereocenters. The molecule has 0 radical (unpaired) electrons. The number of alkyl halides is 3. The first-order chi connectivity index (χ1) is 15.3. The van der Waals surface area contributed by atoms with Gasteiger partial charge < -0.3 is 9.30 Å². The van der Waals surface area contributed by atoms with Crippen molar-refractivity contribution in [3.05, 3.63) is 102 Å². The molecule has 0 aliphatic rings. The molecule has 1 aromatic heterocycles. The number of methoxy groups -OCH3 is 1. The van der Waals surface area contributed by atoms with E-state index in [0.717, 1.165) is 23.5 Å². The predicted molar refractivity (Wildman–Crippen MR) is 115 cm³/mol. The average molecular weight is 436 g/mol. The van der Waals surface area contributed by atoms with Crippen LogP contribution in [0.5, 0.6) is 5.75 Å². The number of imidazole rings is 1. The second-order valence-corrected chi connectivity index (χ2v) is 7.29. The highest BCUT2D eigenvalue weighted by molar-refractivity contribution is 6.09. The van der Waals surface area contributed by atoms with E-state index in [1.54, 1.807) is 54.9 Å². The van der Waals surface area contributed by atoms with Gasteiger partial charge in [-0.25, -0.2) is 4.98 Å². The van der Waals surface area contributed by atoms with Gasteiger partial charge in [-0.2, -0.15) is 13.2 Å². The SMILES string of the molecule is COc1cc(C(=O)c2ccc(-c3cccc(C(F)(F)F)c3)cc2)ccc1-n1cnc(C)c1. The van der Waals surface area contributed by atoms with Gasteiger partial charge in [0.15, 0.2) is 5.78 Å². The fourth-order valence-corrected chi connectivity index (χ4v) is 3.44. The van der Waals surface area contributed by atoms with Crippen LogP contribution >= 0.6 is 0 Å². The number of hydrogen-bond acceptors (Lipinski definition) is 3. The Bertz CT molecular complexity index is 1280. The third kappa shape index (κ3) is 4.27. The minimum absolute atomic E-state index is 0.216. The number of ketones is 1. The minimum Gasteiger partial charge on any atom is -0.495 e. The maximum Gasteiger partial charge on any atom is 0.416 e. The van der Waals surface area contributed by atoms with Crippen LogP contribution in [0.4, 0.5) is 13.2 Å². The third-order valence-corrected chi connectivity index (χ3v) is 5.10. The second kappa shape index (κ2) is 8.34. The molecule has 0 fully saturated rings. The van der Waals surface area contributed by atoms with E-state index >= 15 is 0 Å². The number of carbonyl (C=O) groups is 1. The van der Waals surface area contributed by atoms with Gasteiger partial charge in [0.05, 0.1) is 30.4 Å². The summed E-state index contributed by atoms with van der Waals surface area (Å²) in [5.41, 5.74) is 2.79. The maximum absolute atomic E-state index is 13.0. The van der Waals surface area contributed by atoms with Crippen molar-refractivity contribution >= 4 is 5.78 Å². The molecule has 4 aromatic rings. The van der Waals surface area contributed by atoms with Crippen molar-refractivity contribution in [1.82, 2.24) is 9.55 Å². The van der Waals surface area contributed by atoms with Crippen molar-refractivity contribution in [2.24, 2.45) is 0 Å². The van der Waals surface area contributed by atoms with Gasteiger partial charge in [0, 0.05) is 17.3 Å². The fourth-order valence-electron chi connectivity index (χ4n) is 3.44. The summed E-state index contributed by atoms with van der Waals surface area (Å²) in [5, 5.41) is 0. The molecule has 4 rings (SSSR count). The Labute approximate surface area is 182 Å². The molecule has 0 aliphatic heterocycles. The van der Waals surface area contributed by atoms with E-state index in [1.807, 2.05) is 17.7 Å². The monoisotopic (exact) mass is 436 g/mol. The lowest BCUT2D eigenvalue weighted by Crippen LogP contribution is -2.05. The van der Waals surface area contributed by atoms with Crippen molar-refractivity contribution in [1.29, 1.82) is 0 Å². The van der Waals surface area contributed by atoms with Crippen molar-refractivity contribution in [3.63, 3.8) is 0 Å². The smallest absolute Gasteiger partial charge is 0.416 e.